The number of sulfone groups is 1. The summed E-state index contributed by atoms with van der Waals surface area (Å²) in [5, 5.41) is 0. The molecule has 4 heteroatoms. The topological polar surface area (TPSA) is 34.1 Å². The summed E-state index contributed by atoms with van der Waals surface area (Å²) in [6, 6.07) is 6.94. The van der Waals surface area contributed by atoms with Crippen LogP contribution in [0.5, 0.6) is 0 Å². The first-order valence-electron chi connectivity index (χ1n) is 5.06. The molecule has 82 valence electrons. The Hall–Kier alpha value is -0.350. The van der Waals surface area contributed by atoms with E-state index in [2.05, 4.69) is 15.9 Å². The zero-order valence-corrected chi connectivity index (χ0v) is 10.7. The second kappa shape index (κ2) is 4.26. The van der Waals surface area contributed by atoms with Crippen molar-refractivity contribution >= 4 is 25.8 Å². The molecule has 0 radical (unpaired) electrons. The summed E-state index contributed by atoms with van der Waals surface area (Å²) < 4.78 is 24.8. The van der Waals surface area contributed by atoms with Gasteiger partial charge < -0.3 is 0 Å². The van der Waals surface area contributed by atoms with Gasteiger partial charge >= 0.3 is 0 Å². The summed E-state index contributed by atoms with van der Waals surface area (Å²) in [6.45, 7) is 0. The minimum Gasteiger partial charge on any atom is -0.224 e. The van der Waals surface area contributed by atoms with Gasteiger partial charge in [-0.15, -0.1) is 0 Å². The van der Waals surface area contributed by atoms with Crippen molar-refractivity contribution in [2.24, 2.45) is 5.92 Å². The molecule has 0 bridgehead atoms. The highest BCUT2D eigenvalue weighted by Gasteiger charge is 2.25. The minimum atomic E-state index is -3.07. The van der Waals surface area contributed by atoms with E-state index in [4.69, 9.17) is 0 Å². The smallest absolute Gasteiger partial charge is 0.178 e. The molecule has 0 saturated heterocycles. The van der Waals surface area contributed by atoms with Crippen molar-refractivity contribution in [3.63, 3.8) is 0 Å². The summed E-state index contributed by atoms with van der Waals surface area (Å²) in [5.74, 6) is 0.692. The predicted molar refractivity (Wildman–Crippen MR) is 63.5 cm³/mol. The van der Waals surface area contributed by atoms with Gasteiger partial charge in [0.2, 0.25) is 0 Å². The summed E-state index contributed by atoms with van der Waals surface area (Å²) in [6.07, 6.45) is 3.30. The third kappa shape index (κ3) is 2.61. The van der Waals surface area contributed by atoms with Crippen molar-refractivity contribution in [2.75, 3.05) is 5.75 Å². The van der Waals surface area contributed by atoms with Crippen LogP contribution in [0.1, 0.15) is 19.3 Å². The van der Waals surface area contributed by atoms with E-state index in [0.29, 0.717) is 16.6 Å². The SMILES string of the molecule is O=S(=O)(CC1CCC1)c1cccc(Br)c1. The molecule has 15 heavy (non-hydrogen) atoms. The van der Waals surface area contributed by atoms with Gasteiger partial charge in [0.05, 0.1) is 10.6 Å². The Labute approximate surface area is 98.7 Å². The highest BCUT2D eigenvalue weighted by atomic mass is 79.9. The molecule has 0 atom stereocenters. The van der Waals surface area contributed by atoms with Crippen LogP contribution in [0.4, 0.5) is 0 Å². The normalized spacial score (nSPS) is 17.4. The van der Waals surface area contributed by atoms with Gasteiger partial charge in [-0.05, 0) is 37.0 Å². The van der Waals surface area contributed by atoms with Crippen molar-refractivity contribution in [1.82, 2.24) is 0 Å². The van der Waals surface area contributed by atoms with Crippen LogP contribution in [0.3, 0.4) is 0 Å². The quantitative estimate of drug-likeness (QED) is 0.857. The zero-order valence-electron chi connectivity index (χ0n) is 8.32. The van der Waals surface area contributed by atoms with Gasteiger partial charge in [-0.1, -0.05) is 28.4 Å². The third-order valence-corrected chi connectivity index (χ3v) is 5.21. The first-order valence-corrected chi connectivity index (χ1v) is 7.51. The van der Waals surface area contributed by atoms with Gasteiger partial charge in [-0.3, -0.25) is 0 Å². The monoisotopic (exact) mass is 288 g/mol. The van der Waals surface area contributed by atoms with Gasteiger partial charge in [0.15, 0.2) is 9.84 Å². The van der Waals surface area contributed by atoms with E-state index >= 15 is 0 Å². The van der Waals surface area contributed by atoms with Crippen LogP contribution in [-0.4, -0.2) is 14.2 Å². The fourth-order valence-electron chi connectivity index (χ4n) is 1.73. The molecule has 0 spiro atoms. The average Bonchev–Trinajstić information content (AvgIpc) is 2.12. The molecule has 1 saturated carbocycles. The van der Waals surface area contributed by atoms with E-state index in [1.54, 1.807) is 18.2 Å². The Morgan fingerprint density at radius 3 is 2.60 bits per heavy atom. The molecule has 1 fully saturated rings. The molecule has 2 nitrogen and oxygen atoms in total. The maximum absolute atomic E-state index is 12.0. The molecule has 1 aromatic rings. The molecule has 0 N–H and O–H groups in total. The summed E-state index contributed by atoms with van der Waals surface area (Å²) in [4.78, 5) is 0.434. The Balaban J connectivity index is 2.20. The third-order valence-electron chi connectivity index (χ3n) is 2.84. The molecule has 0 aromatic heterocycles. The Bertz CT molecular complexity index is 449. The van der Waals surface area contributed by atoms with E-state index in [9.17, 15) is 8.42 Å². The summed E-state index contributed by atoms with van der Waals surface area (Å²) in [7, 11) is -3.07. The lowest BCUT2D eigenvalue weighted by Gasteiger charge is -2.24. The average molecular weight is 289 g/mol. The highest BCUT2D eigenvalue weighted by Crippen LogP contribution is 2.30. The van der Waals surface area contributed by atoms with Crippen molar-refractivity contribution in [2.45, 2.75) is 24.2 Å². The van der Waals surface area contributed by atoms with Crippen molar-refractivity contribution in [1.29, 1.82) is 0 Å². The maximum atomic E-state index is 12.0. The van der Waals surface area contributed by atoms with Crippen molar-refractivity contribution < 1.29 is 8.42 Å². The molecule has 0 amide bonds. The van der Waals surface area contributed by atoms with E-state index in [1.807, 2.05) is 6.07 Å². The second-order valence-electron chi connectivity index (χ2n) is 4.04. The summed E-state index contributed by atoms with van der Waals surface area (Å²) in [5.41, 5.74) is 0. The largest absolute Gasteiger partial charge is 0.224 e. The van der Waals surface area contributed by atoms with E-state index < -0.39 is 9.84 Å². The standard InChI is InChI=1S/C11H13BrO2S/c12-10-5-2-6-11(7-10)15(13,14)8-9-3-1-4-9/h2,5-7,9H,1,3-4,8H2. The molecule has 1 aromatic carbocycles. The fraction of sp³-hybridized carbons (Fsp3) is 0.455. The predicted octanol–water partition coefficient (Wildman–Crippen LogP) is 3.02. The highest BCUT2D eigenvalue weighted by molar-refractivity contribution is 9.10. The maximum Gasteiger partial charge on any atom is 0.178 e. The summed E-state index contributed by atoms with van der Waals surface area (Å²) >= 11 is 3.29. The molecule has 0 aliphatic heterocycles. The Morgan fingerprint density at radius 2 is 2.07 bits per heavy atom. The lowest BCUT2D eigenvalue weighted by atomic mass is 9.87. The lowest BCUT2D eigenvalue weighted by molar-refractivity contribution is 0.347. The molecule has 2 rings (SSSR count). The van der Waals surface area contributed by atoms with Crippen LogP contribution in [-0.2, 0) is 9.84 Å². The van der Waals surface area contributed by atoms with Crippen LogP contribution >= 0.6 is 15.9 Å². The molecular formula is C11H13BrO2S. The van der Waals surface area contributed by atoms with E-state index in [1.165, 1.54) is 6.42 Å². The van der Waals surface area contributed by atoms with Gasteiger partial charge in [0.1, 0.15) is 0 Å². The van der Waals surface area contributed by atoms with Crippen LogP contribution < -0.4 is 0 Å². The number of halogens is 1. The minimum absolute atomic E-state index is 0.309. The van der Waals surface area contributed by atoms with Gasteiger partial charge in [-0.2, -0.15) is 0 Å². The van der Waals surface area contributed by atoms with E-state index in [-0.39, 0.29) is 0 Å². The zero-order chi connectivity index (χ0) is 10.9. The molecule has 1 aliphatic carbocycles. The van der Waals surface area contributed by atoms with Crippen molar-refractivity contribution in [3.05, 3.63) is 28.7 Å². The van der Waals surface area contributed by atoms with Crippen LogP contribution in [0.2, 0.25) is 0 Å². The van der Waals surface area contributed by atoms with E-state index in [0.717, 1.165) is 17.3 Å². The molecular weight excluding hydrogens is 276 g/mol. The number of hydrogen-bond donors (Lipinski definition) is 0. The molecule has 0 unspecified atom stereocenters. The van der Waals surface area contributed by atoms with Crippen LogP contribution in [0.25, 0.3) is 0 Å². The fourth-order valence-corrected chi connectivity index (χ4v) is 4.02. The van der Waals surface area contributed by atoms with Crippen molar-refractivity contribution in [3.8, 4) is 0 Å². The van der Waals surface area contributed by atoms with Crippen LogP contribution in [0.15, 0.2) is 33.6 Å². The van der Waals surface area contributed by atoms with Gasteiger partial charge in [-0.25, -0.2) is 8.42 Å². The lowest BCUT2D eigenvalue weighted by Crippen LogP contribution is -2.22. The number of rotatable bonds is 3. The molecule has 0 heterocycles. The Kier molecular flexibility index (Phi) is 3.16. The first-order chi connectivity index (χ1) is 7.08. The molecule has 1 aliphatic rings. The van der Waals surface area contributed by atoms with Crippen LogP contribution in [0, 0.1) is 5.92 Å². The number of benzene rings is 1. The Morgan fingerprint density at radius 1 is 1.33 bits per heavy atom. The second-order valence-corrected chi connectivity index (χ2v) is 6.99. The van der Waals surface area contributed by atoms with Gasteiger partial charge in [0, 0.05) is 4.47 Å². The first kappa shape index (κ1) is 11.1. The number of hydrogen-bond acceptors (Lipinski definition) is 2. The van der Waals surface area contributed by atoms with Gasteiger partial charge in [0.25, 0.3) is 0 Å².